The Balaban J connectivity index is 1.36. The second kappa shape index (κ2) is 10.1. The highest BCUT2D eigenvalue weighted by molar-refractivity contribution is 6.31. The number of carboxylic acid groups (broad SMARTS) is 2. The number of nitrogens with one attached hydrogen (secondary N) is 2. The van der Waals surface area contributed by atoms with Gasteiger partial charge in [-0.2, -0.15) is 0 Å². The van der Waals surface area contributed by atoms with Crippen molar-refractivity contribution in [1.82, 2.24) is 9.97 Å². The Morgan fingerprint density at radius 1 is 0.919 bits per heavy atom. The molecule has 2 heterocycles. The topological polar surface area (TPSA) is 124 Å². The Kier molecular flexibility index (Phi) is 6.57. The van der Waals surface area contributed by atoms with Gasteiger partial charge in [-0.15, -0.1) is 0 Å². The van der Waals surface area contributed by atoms with Crippen LogP contribution >= 0.6 is 11.6 Å². The maximum atomic E-state index is 12.1. The van der Waals surface area contributed by atoms with Gasteiger partial charge in [-0.25, -0.2) is 14.6 Å². The molecule has 0 aliphatic carbocycles. The van der Waals surface area contributed by atoms with E-state index in [1.807, 2.05) is 54.6 Å². The second-order valence-electron chi connectivity index (χ2n) is 8.46. The Morgan fingerprint density at radius 3 is 2.46 bits per heavy atom. The molecule has 0 bridgehead atoms. The average Bonchev–Trinajstić information content (AvgIpc) is 2.89. The van der Waals surface area contributed by atoms with Crippen molar-refractivity contribution in [2.45, 2.75) is 12.5 Å². The lowest BCUT2D eigenvalue weighted by Crippen LogP contribution is -2.32. The van der Waals surface area contributed by atoms with Gasteiger partial charge in [0.15, 0.2) is 0 Å². The number of benzene rings is 3. The maximum Gasteiger partial charge on any atom is 0.339 e. The molecule has 0 aliphatic rings. The van der Waals surface area contributed by atoms with Gasteiger partial charge >= 0.3 is 11.9 Å². The normalized spacial score (nSPS) is 11.8. The predicted molar refractivity (Wildman–Crippen MR) is 144 cm³/mol. The number of carbonyl (C=O) groups is 2. The third-order valence-corrected chi connectivity index (χ3v) is 6.17. The van der Waals surface area contributed by atoms with E-state index in [0.717, 1.165) is 27.8 Å². The van der Waals surface area contributed by atoms with Crippen LogP contribution < -0.4 is 10.6 Å². The van der Waals surface area contributed by atoms with E-state index in [0.29, 0.717) is 15.9 Å². The van der Waals surface area contributed by atoms with Gasteiger partial charge in [0.1, 0.15) is 17.4 Å². The van der Waals surface area contributed by atoms with Gasteiger partial charge in [-0.05, 0) is 54.1 Å². The number of para-hydroxylation sites is 1. The van der Waals surface area contributed by atoms with Crippen LogP contribution in [-0.2, 0) is 11.2 Å². The quantitative estimate of drug-likeness (QED) is 0.200. The number of aliphatic carboxylic acids is 1. The zero-order chi connectivity index (χ0) is 25.9. The fourth-order valence-corrected chi connectivity index (χ4v) is 4.29. The first-order valence-electron chi connectivity index (χ1n) is 11.4. The van der Waals surface area contributed by atoms with Crippen molar-refractivity contribution in [1.29, 1.82) is 0 Å². The van der Waals surface area contributed by atoms with E-state index in [1.54, 1.807) is 24.4 Å². The van der Waals surface area contributed by atoms with E-state index in [9.17, 15) is 19.8 Å². The summed E-state index contributed by atoms with van der Waals surface area (Å²) in [6.45, 7) is 0. The summed E-state index contributed by atoms with van der Waals surface area (Å²) >= 11 is 6.01. The lowest BCUT2D eigenvalue weighted by atomic mass is 10.0. The Hall–Kier alpha value is -4.69. The summed E-state index contributed by atoms with van der Waals surface area (Å²) in [5.41, 5.74) is 3.75. The van der Waals surface area contributed by atoms with Crippen molar-refractivity contribution in [2.24, 2.45) is 0 Å². The van der Waals surface area contributed by atoms with Crippen molar-refractivity contribution in [3.8, 4) is 0 Å². The molecule has 2 aromatic heterocycles. The van der Waals surface area contributed by atoms with Crippen LogP contribution in [0.5, 0.6) is 0 Å². The van der Waals surface area contributed by atoms with E-state index in [-0.39, 0.29) is 17.8 Å². The predicted octanol–water partition coefficient (Wildman–Crippen LogP) is 5.99. The number of pyridine rings is 2. The third-order valence-electron chi connectivity index (χ3n) is 5.94. The zero-order valence-corrected chi connectivity index (χ0v) is 20.1. The molecule has 0 saturated carbocycles. The molecule has 3 aromatic carbocycles. The van der Waals surface area contributed by atoms with Crippen LogP contribution in [0.3, 0.4) is 0 Å². The number of carboxylic acids is 2. The number of aromatic nitrogens is 2. The van der Waals surface area contributed by atoms with Crippen molar-refractivity contribution >= 4 is 62.5 Å². The monoisotopic (exact) mass is 512 g/mol. The van der Waals surface area contributed by atoms with E-state index < -0.39 is 18.0 Å². The minimum atomic E-state index is -1.22. The molecule has 0 spiro atoms. The van der Waals surface area contributed by atoms with Crippen LogP contribution in [0.4, 0.5) is 17.2 Å². The standard InChI is InChI=1S/C28H21ClN4O4/c29-18-7-10-22-17(14-18)15-21(27(34)35)26(32-22)33-25(28(36)37)13-16-5-8-19(9-6-16)31-24-11-12-30-23-4-2-1-3-20(23)24/h1-12,14-15,25H,13H2,(H,30,31)(H,32,33)(H,34,35)(H,36,37). The van der Waals surface area contributed by atoms with Crippen LogP contribution in [0.1, 0.15) is 15.9 Å². The van der Waals surface area contributed by atoms with Crippen LogP contribution in [0, 0.1) is 0 Å². The first kappa shape index (κ1) is 24.0. The summed E-state index contributed by atoms with van der Waals surface area (Å²) in [7, 11) is 0. The summed E-state index contributed by atoms with van der Waals surface area (Å²) in [6.07, 6.45) is 1.86. The van der Waals surface area contributed by atoms with Gasteiger partial charge < -0.3 is 20.8 Å². The van der Waals surface area contributed by atoms with Crippen LogP contribution in [-0.4, -0.2) is 38.2 Å². The van der Waals surface area contributed by atoms with Crippen LogP contribution in [0.15, 0.2) is 85.1 Å². The fourth-order valence-electron chi connectivity index (χ4n) is 4.11. The van der Waals surface area contributed by atoms with Gasteiger partial charge in [0.25, 0.3) is 0 Å². The number of rotatable bonds is 8. The number of hydrogen-bond donors (Lipinski definition) is 4. The van der Waals surface area contributed by atoms with Gasteiger partial charge in [-0.1, -0.05) is 41.9 Å². The second-order valence-corrected chi connectivity index (χ2v) is 8.90. The van der Waals surface area contributed by atoms with E-state index >= 15 is 0 Å². The van der Waals surface area contributed by atoms with Crippen LogP contribution in [0.25, 0.3) is 21.8 Å². The smallest absolute Gasteiger partial charge is 0.339 e. The average molecular weight is 513 g/mol. The minimum absolute atomic E-state index is 0.0161. The maximum absolute atomic E-state index is 12.1. The Morgan fingerprint density at radius 2 is 1.70 bits per heavy atom. The first-order chi connectivity index (χ1) is 17.9. The number of aromatic carboxylic acids is 1. The van der Waals surface area contributed by atoms with Crippen molar-refractivity contribution in [3.63, 3.8) is 0 Å². The van der Waals surface area contributed by atoms with Gasteiger partial charge in [0.05, 0.1) is 11.0 Å². The molecule has 0 fully saturated rings. The number of hydrogen-bond acceptors (Lipinski definition) is 6. The first-order valence-corrected chi connectivity index (χ1v) is 11.8. The summed E-state index contributed by atoms with van der Waals surface area (Å²) in [4.78, 5) is 32.6. The molecule has 1 atom stereocenters. The van der Waals surface area contributed by atoms with E-state index in [2.05, 4.69) is 20.6 Å². The number of anilines is 3. The SMILES string of the molecule is O=C(O)c1cc2cc(Cl)ccc2nc1NC(Cc1ccc(Nc2ccnc3ccccc23)cc1)C(=O)O. The van der Waals surface area contributed by atoms with E-state index in [1.165, 1.54) is 6.07 Å². The molecule has 0 amide bonds. The molecule has 5 aromatic rings. The molecule has 184 valence electrons. The summed E-state index contributed by atoms with van der Waals surface area (Å²) in [5.74, 6) is -2.36. The third kappa shape index (κ3) is 5.29. The highest BCUT2D eigenvalue weighted by atomic mass is 35.5. The minimum Gasteiger partial charge on any atom is -0.480 e. The molecule has 0 radical (unpaired) electrons. The van der Waals surface area contributed by atoms with Crippen LogP contribution in [0.2, 0.25) is 5.02 Å². The molecular formula is C28H21ClN4O4. The van der Waals surface area contributed by atoms with Gasteiger partial charge in [0, 0.05) is 39.8 Å². The molecular weight excluding hydrogens is 492 g/mol. The largest absolute Gasteiger partial charge is 0.480 e. The van der Waals surface area contributed by atoms with Gasteiger partial charge in [-0.3, -0.25) is 4.98 Å². The number of fused-ring (bicyclic) bond motifs is 2. The molecule has 5 rings (SSSR count). The molecule has 1 unspecified atom stereocenters. The van der Waals surface area contributed by atoms with Crippen molar-refractivity contribution in [3.05, 3.63) is 101 Å². The Bertz CT molecular complexity index is 1630. The number of nitrogens with zero attached hydrogens (tertiary/aromatic N) is 2. The molecule has 37 heavy (non-hydrogen) atoms. The van der Waals surface area contributed by atoms with Crippen molar-refractivity contribution < 1.29 is 19.8 Å². The highest BCUT2D eigenvalue weighted by Gasteiger charge is 2.22. The molecule has 9 heteroatoms. The molecule has 0 saturated heterocycles. The summed E-state index contributed by atoms with van der Waals surface area (Å²) < 4.78 is 0. The molecule has 8 nitrogen and oxygen atoms in total. The highest BCUT2D eigenvalue weighted by Crippen LogP contribution is 2.27. The van der Waals surface area contributed by atoms with Crippen molar-refractivity contribution in [2.75, 3.05) is 10.6 Å². The van der Waals surface area contributed by atoms with E-state index in [4.69, 9.17) is 11.6 Å². The zero-order valence-electron chi connectivity index (χ0n) is 19.4. The molecule has 4 N–H and O–H groups in total. The summed E-state index contributed by atoms with van der Waals surface area (Å²) in [5, 5.41) is 27.7. The Labute approximate surface area is 216 Å². The lowest BCUT2D eigenvalue weighted by Gasteiger charge is -2.18. The fraction of sp³-hybridized carbons (Fsp3) is 0.0714. The number of halogens is 1. The lowest BCUT2D eigenvalue weighted by molar-refractivity contribution is -0.137. The van der Waals surface area contributed by atoms with Gasteiger partial charge in [0.2, 0.25) is 0 Å². The molecule has 0 aliphatic heterocycles. The summed E-state index contributed by atoms with van der Waals surface area (Å²) in [6, 6.07) is 22.3.